The fourth-order valence-electron chi connectivity index (χ4n) is 1.82. The molecule has 1 aromatic heterocycles. The van der Waals surface area contributed by atoms with Crippen LogP contribution in [-0.2, 0) is 6.42 Å². The molecule has 0 spiro atoms. The third kappa shape index (κ3) is 2.90. The molecular weight excluding hydrogens is 206 g/mol. The molecule has 0 unspecified atom stereocenters. The van der Waals surface area contributed by atoms with Crippen LogP contribution in [0.5, 0.6) is 0 Å². The van der Waals surface area contributed by atoms with E-state index >= 15 is 0 Å². The van der Waals surface area contributed by atoms with Crippen molar-refractivity contribution in [2.24, 2.45) is 0 Å². The summed E-state index contributed by atoms with van der Waals surface area (Å²) in [7, 11) is 2.14. The zero-order valence-corrected chi connectivity index (χ0v) is 9.56. The number of oxazole rings is 1. The van der Waals surface area contributed by atoms with Gasteiger partial charge in [-0.1, -0.05) is 0 Å². The molecule has 0 atom stereocenters. The first-order valence-corrected chi connectivity index (χ1v) is 5.58. The highest BCUT2D eigenvalue weighted by atomic mass is 16.3. The SMILES string of the molecule is CN1CCN(CCc2nc(C=O)co2)CC1. The van der Waals surface area contributed by atoms with Crippen molar-refractivity contribution in [3.05, 3.63) is 17.8 Å². The van der Waals surface area contributed by atoms with Gasteiger partial charge in [-0.3, -0.25) is 4.79 Å². The molecule has 0 N–H and O–H groups in total. The van der Waals surface area contributed by atoms with Gasteiger partial charge in [-0.2, -0.15) is 0 Å². The average molecular weight is 223 g/mol. The molecule has 1 aliphatic rings. The second-order valence-corrected chi connectivity index (χ2v) is 4.18. The maximum absolute atomic E-state index is 10.4. The molecule has 16 heavy (non-hydrogen) atoms. The number of hydrogen-bond donors (Lipinski definition) is 0. The van der Waals surface area contributed by atoms with E-state index in [0.29, 0.717) is 17.9 Å². The summed E-state index contributed by atoms with van der Waals surface area (Å²) in [6.45, 7) is 5.37. The van der Waals surface area contributed by atoms with Crippen LogP contribution in [0.1, 0.15) is 16.4 Å². The Morgan fingerprint density at radius 1 is 1.44 bits per heavy atom. The van der Waals surface area contributed by atoms with Gasteiger partial charge in [0.2, 0.25) is 0 Å². The predicted octanol–water partition coefficient (Wildman–Crippen LogP) is 0.277. The number of aromatic nitrogens is 1. The number of rotatable bonds is 4. The van der Waals surface area contributed by atoms with Gasteiger partial charge in [0, 0.05) is 39.1 Å². The van der Waals surface area contributed by atoms with Gasteiger partial charge in [0.05, 0.1) is 0 Å². The maximum Gasteiger partial charge on any atom is 0.195 e. The molecule has 0 radical (unpaired) electrons. The summed E-state index contributed by atoms with van der Waals surface area (Å²) in [5.74, 6) is 0.654. The van der Waals surface area contributed by atoms with Gasteiger partial charge in [0.1, 0.15) is 12.0 Å². The number of carbonyl (C=O) groups excluding carboxylic acids is 1. The minimum Gasteiger partial charge on any atom is -0.448 e. The molecule has 0 aromatic carbocycles. The van der Waals surface area contributed by atoms with E-state index in [4.69, 9.17) is 4.42 Å². The second-order valence-electron chi connectivity index (χ2n) is 4.18. The van der Waals surface area contributed by atoms with Gasteiger partial charge in [0.25, 0.3) is 0 Å². The van der Waals surface area contributed by atoms with Crippen LogP contribution >= 0.6 is 0 Å². The van der Waals surface area contributed by atoms with Crippen LogP contribution in [0.15, 0.2) is 10.7 Å². The molecule has 88 valence electrons. The normalized spacial score (nSPS) is 18.8. The molecule has 2 rings (SSSR count). The van der Waals surface area contributed by atoms with Gasteiger partial charge in [-0.05, 0) is 7.05 Å². The van der Waals surface area contributed by atoms with Crippen LogP contribution in [0, 0.1) is 0 Å². The van der Waals surface area contributed by atoms with Crippen molar-refractivity contribution in [3.8, 4) is 0 Å². The van der Waals surface area contributed by atoms with Crippen LogP contribution in [0.4, 0.5) is 0 Å². The Kier molecular flexibility index (Phi) is 3.69. The zero-order chi connectivity index (χ0) is 11.4. The van der Waals surface area contributed by atoms with E-state index in [1.54, 1.807) is 0 Å². The number of aldehydes is 1. The van der Waals surface area contributed by atoms with E-state index < -0.39 is 0 Å². The Bertz CT molecular complexity index is 343. The Morgan fingerprint density at radius 3 is 2.81 bits per heavy atom. The largest absolute Gasteiger partial charge is 0.448 e. The second kappa shape index (κ2) is 5.23. The molecule has 0 aliphatic carbocycles. The molecule has 5 heteroatoms. The van der Waals surface area contributed by atoms with Crippen molar-refractivity contribution in [1.29, 1.82) is 0 Å². The molecule has 1 saturated heterocycles. The number of hydrogen-bond acceptors (Lipinski definition) is 5. The van der Waals surface area contributed by atoms with E-state index in [1.807, 2.05) is 0 Å². The first-order chi connectivity index (χ1) is 7.78. The summed E-state index contributed by atoms with van der Waals surface area (Å²) >= 11 is 0. The van der Waals surface area contributed by atoms with Crippen molar-refractivity contribution in [3.63, 3.8) is 0 Å². The molecule has 0 saturated carbocycles. The molecule has 5 nitrogen and oxygen atoms in total. The summed E-state index contributed by atoms with van der Waals surface area (Å²) < 4.78 is 5.19. The maximum atomic E-state index is 10.4. The highest BCUT2D eigenvalue weighted by Crippen LogP contribution is 2.04. The van der Waals surface area contributed by atoms with E-state index in [-0.39, 0.29) is 0 Å². The third-order valence-corrected chi connectivity index (χ3v) is 2.93. The first-order valence-electron chi connectivity index (χ1n) is 5.58. The lowest BCUT2D eigenvalue weighted by Crippen LogP contribution is -2.45. The molecular formula is C11H17N3O2. The Labute approximate surface area is 95.0 Å². The third-order valence-electron chi connectivity index (χ3n) is 2.93. The number of likely N-dealkylation sites (N-methyl/N-ethyl adjacent to an activating group) is 1. The van der Waals surface area contributed by atoms with Crippen LogP contribution in [0.3, 0.4) is 0 Å². The number of carbonyl (C=O) groups is 1. The summed E-state index contributed by atoms with van der Waals surface area (Å²) in [6.07, 6.45) is 2.90. The minimum atomic E-state index is 0.383. The molecule has 2 heterocycles. The van der Waals surface area contributed by atoms with E-state index in [0.717, 1.165) is 39.1 Å². The van der Waals surface area contributed by atoms with Crippen molar-refractivity contribution in [2.75, 3.05) is 39.8 Å². The zero-order valence-electron chi connectivity index (χ0n) is 9.56. The van der Waals surface area contributed by atoms with Crippen molar-refractivity contribution in [1.82, 2.24) is 14.8 Å². The average Bonchev–Trinajstić information content (AvgIpc) is 2.76. The lowest BCUT2D eigenvalue weighted by molar-refractivity contribution is 0.111. The van der Waals surface area contributed by atoms with Crippen LogP contribution in [-0.4, -0.2) is 60.8 Å². The molecule has 0 amide bonds. The summed E-state index contributed by atoms with van der Waals surface area (Å²) in [6, 6.07) is 0. The quantitative estimate of drug-likeness (QED) is 0.686. The van der Waals surface area contributed by atoms with Crippen molar-refractivity contribution in [2.45, 2.75) is 6.42 Å². The van der Waals surface area contributed by atoms with Crippen molar-refractivity contribution < 1.29 is 9.21 Å². The van der Waals surface area contributed by atoms with Crippen LogP contribution in [0.25, 0.3) is 0 Å². The summed E-state index contributed by atoms with van der Waals surface area (Å²) in [5, 5.41) is 0. The fraction of sp³-hybridized carbons (Fsp3) is 0.636. The Balaban J connectivity index is 1.76. The lowest BCUT2D eigenvalue weighted by atomic mass is 10.3. The first kappa shape index (κ1) is 11.3. The smallest absolute Gasteiger partial charge is 0.195 e. The Hall–Kier alpha value is -1.20. The molecule has 1 aliphatic heterocycles. The van der Waals surface area contributed by atoms with E-state index in [1.165, 1.54) is 6.26 Å². The summed E-state index contributed by atoms with van der Waals surface area (Å²) in [4.78, 5) is 19.2. The highest BCUT2D eigenvalue weighted by Gasteiger charge is 2.14. The van der Waals surface area contributed by atoms with Gasteiger partial charge >= 0.3 is 0 Å². The van der Waals surface area contributed by atoms with Gasteiger partial charge in [-0.15, -0.1) is 0 Å². The predicted molar refractivity (Wildman–Crippen MR) is 59.5 cm³/mol. The topological polar surface area (TPSA) is 49.6 Å². The van der Waals surface area contributed by atoms with Crippen molar-refractivity contribution >= 4 is 6.29 Å². The fourth-order valence-corrected chi connectivity index (χ4v) is 1.82. The monoisotopic (exact) mass is 223 g/mol. The van der Waals surface area contributed by atoms with Crippen LogP contribution in [0.2, 0.25) is 0 Å². The standard InChI is InChI=1S/C11H17N3O2/c1-13-4-6-14(7-5-13)3-2-11-12-10(8-15)9-16-11/h8-9H,2-7H2,1H3. The van der Waals surface area contributed by atoms with Gasteiger partial charge in [0.15, 0.2) is 12.2 Å². The Morgan fingerprint density at radius 2 is 2.19 bits per heavy atom. The lowest BCUT2D eigenvalue weighted by Gasteiger charge is -2.31. The molecule has 0 bridgehead atoms. The molecule has 1 fully saturated rings. The van der Waals surface area contributed by atoms with E-state index in [2.05, 4.69) is 21.8 Å². The van der Waals surface area contributed by atoms with Gasteiger partial charge < -0.3 is 14.2 Å². The highest BCUT2D eigenvalue weighted by molar-refractivity contribution is 5.70. The number of piperazine rings is 1. The van der Waals surface area contributed by atoms with E-state index in [9.17, 15) is 4.79 Å². The minimum absolute atomic E-state index is 0.383. The van der Waals surface area contributed by atoms with Gasteiger partial charge in [-0.25, -0.2) is 4.98 Å². The van der Waals surface area contributed by atoms with Crippen LogP contribution < -0.4 is 0 Å². The molecule has 1 aromatic rings. The number of nitrogens with zero attached hydrogens (tertiary/aromatic N) is 3. The summed E-state index contributed by atoms with van der Waals surface area (Å²) in [5.41, 5.74) is 0.383.